The van der Waals surface area contributed by atoms with Crippen LogP contribution in [0.1, 0.15) is 44.4 Å². The lowest BCUT2D eigenvalue weighted by Crippen LogP contribution is -2.29. The van der Waals surface area contributed by atoms with Crippen LogP contribution in [0.3, 0.4) is 0 Å². The summed E-state index contributed by atoms with van der Waals surface area (Å²) in [6.07, 6.45) is 0. The van der Waals surface area contributed by atoms with Crippen LogP contribution >= 0.6 is 23.2 Å². The number of benzene rings is 4. The van der Waals surface area contributed by atoms with Gasteiger partial charge in [-0.05, 0) is 59.5 Å². The zero-order valence-electron chi connectivity index (χ0n) is 21.0. The first-order valence-corrected chi connectivity index (χ1v) is 13.2. The molecule has 0 saturated carbocycles. The quantitative estimate of drug-likeness (QED) is 0.215. The van der Waals surface area contributed by atoms with E-state index >= 15 is 0 Å². The van der Waals surface area contributed by atoms with Crippen LogP contribution in [-0.4, -0.2) is 10.8 Å². The predicted octanol–water partition coefficient (Wildman–Crippen LogP) is 7.73. The largest absolute Gasteiger partial charge is 0.489 e. The summed E-state index contributed by atoms with van der Waals surface area (Å²) in [5.41, 5.74) is 3.68. The smallest absolute Gasteiger partial charge is 0.291 e. The van der Waals surface area contributed by atoms with Crippen molar-refractivity contribution in [2.75, 3.05) is 0 Å². The van der Waals surface area contributed by atoms with Gasteiger partial charge in [0.15, 0.2) is 5.43 Å². The molecule has 1 aromatic heterocycles. The number of hydrogen-bond acceptors (Lipinski definition) is 4. The summed E-state index contributed by atoms with van der Waals surface area (Å²) in [7, 11) is 0. The van der Waals surface area contributed by atoms with Gasteiger partial charge in [0, 0.05) is 16.6 Å². The molecule has 1 unspecified atom stereocenters. The van der Waals surface area contributed by atoms with Gasteiger partial charge in [-0.25, -0.2) is 0 Å². The van der Waals surface area contributed by atoms with Gasteiger partial charge in [0.1, 0.15) is 17.9 Å². The molecule has 0 radical (unpaired) electrons. The van der Waals surface area contributed by atoms with Gasteiger partial charge in [-0.2, -0.15) is 0 Å². The number of fused-ring (bicyclic) bond motifs is 2. The van der Waals surface area contributed by atoms with Crippen molar-refractivity contribution in [1.29, 1.82) is 0 Å². The van der Waals surface area contributed by atoms with E-state index in [2.05, 4.69) is 0 Å². The van der Waals surface area contributed by atoms with Gasteiger partial charge in [0.2, 0.25) is 5.76 Å². The molecule has 0 spiro atoms. The van der Waals surface area contributed by atoms with Gasteiger partial charge in [-0.15, -0.1) is 0 Å². The Labute approximate surface area is 235 Å². The van der Waals surface area contributed by atoms with Crippen molar-refractivity contribution in [3.8, 4) is 5.75 Å². The highest BCUT2D eigenvalue weighted by atomic mass is 35.5. The van der Waals surface area contributed by atoms with Gasteiger partial charge in [0.05, 0.1) is 17.0 Å². The molecule has 1 amide bonds. The molecule has 7 heteroatoms. The molecule has 194 valence electrons. The Morgan fingerprint density at radius 3 is 2.33 bits per heavy atom. The van der Waals surface area contributed by atoms with Crippen LogP contribution < -0.4 is 10.2 Å². The van der Waals surface area contributed by atoms with Gasteiger partial charge < -0.3 is 14.1 Å². The molecule has 4 aromatic carbocycles. The summed E-state index contributed by atoms with van der Waals surface area (Å²) in [6.45, 7) is 2.46. The van der Waals surface area contributed by atoms with E-state index in [-0.39, 0.29) is 29.2 Å². The first-order chi connectivity index (χ1) is 18.9. The SMILES string of the molecule is Cc1cc2oc3c(c(=O)c2cc1Cl)C(c1ccc(OCc2ccccc2)cc1)N(Cc1ccccc1Cl)C3=O. The van der Waals surface area contributed by atoms with E-state index < -0.39 is 6.04 Å². The maximum Gasteiger partial charge on any atom is 0.291 e. The van der Waals surface area contributed by atoms with Crippen LogP contribution in [0, 0.1) is 6.92 Å². The lowest BCUT2D eigenvalue weighted by molar-refractivity contribution is 0.0714. The Morgan fingerprint density at radius 1 is 0.872 bits per heavy atom. The van der Waals surface area contributed by atoms with Crippen molar-refractivity contribution in [2.24, 2.45) is 0 Å². The molecule has 1 atom stereocenters. The third kappa shape index (κ3) is 4.69. The normalized spacial score (nSPS) is 14.6. The molecule has 1 aliphatic heterocycles. The number of rotatable bonds is 6. The number of nitrogens with zero attached hydrogens (tertiary/aromatic N) is 1. The molecular formula is C32H23Cl2NO4. The minimum absolute atomic E-state index is 0.0377. The summed E-state index contributed by atoms with van der Waals surface area (Å²) in [6, 6.07) is 27.3. The van der Waals surface area contributed by atoms with E-state index in [1.165, 1.54) is 0 Å². The van der Waals surface area contributed by atoms with E-state index in [1.807, 2.05) is 79.7 Å². The van der Waals surface area contributed by atoms with E-state index in [1.54, 1.807) is 23.1 Å². The van der Waals surface area contributed by atoms with Crippen molar-refractivity contribution in [3.63, 3.8) is 0 Å². The topological polar surface area (TPSA) is 59.8 Å². The van der Waals surface area contributed by atoms with Crippen molar-refractivity contribution in [3.05, 3.63) is 145 Å². The zero-order valence-corrected chi connectivity index (χ0v) is 22.5. The predicted molar refractivity (Wildman–Crippen MR) is 153 cm³/mol. The first kappa shape index (κ1) is 25.2. The fourth-order valence-electron chi connectivity index (χ4n) is 4.95. The maximum absolute atomic E-state index is 13.9. The Bertz CT molecular complexity index is 1760. The Kier molecular flexibility index (Phi) is 6.63. The monoisotopic (exact) mass is 555 g/mol. The summed E-state index contributed by atoms with van der Waals surface area (Å²) < 4.78 is 12.0. The molecule has 1 aliphatic rings. The van der Waals surface area contributed by atoms with Crippen molar-refractivity contribution in [2.45, 2.75) is 26.1 Å². The molecule has 0 aliphatic carbocycles. The van der Waals surface area contributed by atoms with Gasteiger partial charge in [0.25, 0.3) is 5.91 Å². The van der Waals surface area contributed by atoms with E-state index in [9.17, 15) is 9.59 Å². The second-order valence-corrected chi connectivity index (χ2v) is 10.4. The maximum atomic E-state index is 13.9. The summed E-state index contributed by atoms with van der Waals surface area (Å²) >= 11 is 12.8. The fourth-order valence-corrected chi connectivity index (χ4v) is 5.31. The number of halogens is 2. The van der Waals surface area contributed by atoms with Gasteiger partial charge in [-0.3, -0.25) is 9.59 Å². The van der Waals surface area contributed by atoms with Crippen LogP contribution in [0.2, 0.25) is 10.0 Å². The van der Waals surface area contributed by atoms with Crippen LogP contribution in [-0.2, 0) is 13.2 Å². The molecular weight excluding hydrogens is 533 g/mol. The highest BCUT2D eigenvalue weighted by Crippen LogP contribution is 2.40. The van der Waals surface area contributed by atoms with E-state index in [4.69, 9.17) is 32.4 Å². The van der Waals surface area contributed by atoms with Crippen molar-refractivity contribution < 1.29 is 13.9 Å². The highest BCUT2D eigenvalue weighted by molar-refractivity contribution is 6.32. The second-order valence-electron chi connectivity index (χ2n) is 9.54. The minimum Gasteiger partial charge on any atom is -0.489 e. The number of amides is 1. The highest BCUT2D eigenvalue weighted by Gasteiger charge is 2.43. The molecule has 5 aromatic rings. The lowest BCUT2D eigenvalue weighted by Gasteiger charge is -2.25. The van der Waals surface area contributed by atoms with E-state index in [0.29, 0.717) is 33.4 Å². The third-order valence-corrected chi connectivity index (χ3v) is 7.77. The Morgan fingerprint density at radius 2 is 1.59 bits per heavy atom. The number of carbonyl (C=O) groups is 1. The summed E-state index contributed by atoms with van der Waals surface area (Å²) in [5.74, 6) is 0.346. The summed E-state index contributed by atoms with van der Waals surface area (Å²) in [5, 5.41) is 1.34. The standard InChI is InChI=1S/C32H23Cl2NO4/c1-19-15-27-24(16-26(19)34)30(36)28-29(21-11-13-23(14-12-21)38-18-20-7-3-2-4-8-20)35(32(37)31(28)39-27)17-22-9-5-6-10-25(22)33/h2-16,29H,17-18H2,1H3. The van der Waals surface area contributed by atoms with Crippen LogP contribution in [0.25, 0.3) is 11.0 Å². The Balaban J connectivity index is 1.43. The average molecular weight is 556 g/mol. The van der Waals surface area contributed by atoms with Crippen LogP contribution in [0.5, 0.6) is 5.75 Å². The number of ether oxygens (including phenoxy) is 1. The lowest BCUT2D eigenvalue weighted by atomic mass is 9.98. The molecule has 39 heavy (non-hydrogen) atoms. The third-order valence-electron chi connectivity index (χ3n) is 6.99. The minimum atomic E-state index is -0.673. The van der Waals surface area contributed by atoms with Gasteiger partial charge >= 0.3 is 0 Å². The molecule has 0 N–H and O–H groups in total. The molecule has 0 fully saturated rings. The summed E-state index contributed by atoms with van der Waals surface area (Å²) in [4.78, 5) is 29.3. The number of hydrogen-bond donors (Lipinski definition) is 0. The number of aryl methyl sites for hydroxylation is 1. The molecule has 0 bridgehead atoms. The van der Waals surface area contributed by atoms with Crippen molar-refractivity contribution in [1.82, 2.24) is 4.90 Å². The van der Waals surface area contributed by atoms with Crippen LogP contribution in [0.15, 0.2) is 100 Å². The van der Waals surface area contributed by atoms with Gasteiger partial charge in [-0.1, -0.05) is 83.9 Å². The first-order valence-electron chi connectivity index (χ1n) is 12.5. The molecule has 6 rings (SSSR count). The van der Waals surface area contributed by atoms with Crippen molar-refractivity contribution >= 4 is 40.1 Å². The zero-order chi connectivity index (χ0) is 27.1. The fraction of sp³-hybridized carbons (Fsp3) is 0.125. The van der Waals surface area contributed by atoms with Crippen LogP contribution in [0.4, 0.5) is 0 Å². The number of carbonyl (C=O) groups excluding carboxylic acids is 1. The Hall–Kier alpha value is -4.06. The average Bonchev–Trinajstić information content (AvgIpc) is 3.22. The molecule has 0 saturated heterocycles. The van der Waals surface area contributed by atoms with E-state index in [0.717, 1.165) is 22.3 Å². The molecule has 5 nitrogen and oxygen atoms in total. The molecule has 2 heterocycles. The second kappa shape index (κ2) is 10.3.